The van der Waals surface area contributed by atoms with Gasteiger partial charge in [0.2, 0.25) is 5.91 Å². The molecule has 8 heteroatoms. The molecule has 110 valence electrons. The van der Waals surface area contributed by atoms with E-state index in [0.29, 0.717) is 17.4 Å². The van der Waals surface area contributed by atoms with Gasteiger partial charge in [-0.05, 0) is 18.9 Å². The molecule has 1 aliphatic carbocycles. The number of carbonyl (C=O) groups is 3. The molecular weight excluding hydrogens is 306 g/mol. The maximum Gasteiger partial charge on any atom is 0.335 e. The lowest BCUT2D eigenvalue weighted by molar-refractivity contribution is -0.148. The molecule has 2 aliphatic rings. The summed E-state index contributed by atoms with van der Waals surface area (Å²) in [5.41, 5.74) is -1.89. The molecule has 1 aromatic carbocycles. The van der Waals surface area contributed by atoms with Crippen LogP contribution >= 0.6 is 11.6 Å². The molecule has 1 heterocycles. The van der Waals surface area contributed by atoms with Crippen LogP contribution in [0.2, 0.25) is 5.02 Å². The Morgan fingerprint density at radius 3 is 2.38 bits per heavy atom. The smallest absolute Gasteiger partial charge is 0.276 e. The Hall–Kier alpha value is -2.02. The molecule has 0 atom stereocenters. The number of amides is 4. The van der Waals surface area contributed by atoms with Crippen molar-refractivity contribution in [3.63, 3.8) is 0 Å². The molecule has 3 rings (SSSR count). The van der Waals surface area contributed by atoms with Crippen LogP contribution < -0.4 is 10.2 Å². The summed E-state index contributed by atoms with van der Waals surface area (Å²) in [5.74, 6) is -3.58. The van der Waals surface area contributed by atoms with Crippen molar-refractivity contribution in [3.8, 4) is 0 Å². The molecule has 1 N–H and O–H groups in total. The highest BCUT2D eigenvalue weighted by Crippen LogP contribution is 2.46. The van der Waals surface area contributed by atoms with E-state index >= 15 is 0 Å². The van der Waals surface area contributed by atoms with E-state index in [1.165, 1.54) is 0 Å². The second kappa shape index (κ2) is 4.49. The summed E-state index contributed by atoms with van der Waals surface area (Å²) in [6.07, 6.45) is 1.21. The fraction of sp³-hybridized carbons (Fsp3) is 0.308. The lowest BCUT2D eigenvalue weighted by Gasteiger charge is -2.44. The number of nitrogens with one attached hydrogen (secondary N) is 1. The van der Waals surface area contributed by atoms with Crippen LogP contribution in [0.1, 0.15) is 19.3 Å². The fourth-order valence-corrected chi connectivity index (χ4v) is 2.88. The van der Waals surface area contributed by atoms with Gasteiger partial charge in [0.25, 0.3) is 5.91 Å². The largest absolute Gasteiger partial charge is 0.335 e. The number of hydrogen-bond acceptors (Lipinski definition) is 3. The SMILES string of the molecule is O=C1NC(=O)C2(CCC2)C(=O)N1c1c(F)cc(F)cc1Cl. The van der Waals surface area contributed by atoms with Gasteiger partial charge < -0.3 is 0 Å². The predicted molar refractivity (Wildman–Crippen MR) is 68.7 cm³/mol. The lowest BCUT2D eigenvalue weighted by atomic mass is 9.66. The first-order chi connectivity index (χ1) is 9.86. The fourth-order valence-electron chi connectivity index (χ4n) is 2.60. The van der Waals surface area contributed by atoms with E-state index in [2.05, 4.69) is 0 Å². The zero-order chi connectivity index (χ0) is 15.4. The minimum Gasteiger partial charge on any atom is -0.276 e. The number of barbiturate groups is 1. The van der Waals surface area contributed by atoms with Gasteiger partial charge in [0.1, 0.15) is 16.9 Å². The van der Waals surface area contributed by atoms with Crippen molar-refractivity contribution in [2.45, 2.75) is 19.3 Å². The highest BCUT2D eigenvalue weighted by Gasteiger charge is 2.58. The Morgan fingerprint density at radius 1 is 1.19 bits per heavy atom. The maximum absolute atomic E-state index is 13.9. The number of carbonyl (C=O) groups excluding carboxylic acids is 3. The molecule has 1 saturated heterocycles. The van der Waals surface area contributed by atoms with Crippen molar-refractivity contribution in [2.24, 2.45) is 5.41 Å². The quantitative estimate of drug-likeness (QED) is 0.809. The molecule has 0 bridgehead atoms. The minimum atomic E-state index is -1.35. The third-order valence-electron chi connectivity index (χ3n) is 3.88. The van der Waals surface area contributed by atoms with E-state index in [1.807, 2.05) is 5.32 Å². The number of nitrogens with zero attached hydrogens (tertiary/aromatic N) is 1. The van der Waals surface area contributed by atoms with Gasteiger partial charge in [-0.3, -0.25) is 14.9 Å². The van der Waals surface area contributed by atoms with Crippen molar-refractivity contribution in [1.82, 2.24) is 5.32 Å². The van der Waals surface area contributed by atoms with Crippen LogP contribution in [0.15, 0.2) is 12.1 Å². The molecule has 1 aliphatic heterocycles. The highest BCUT2D eigenvalue weighted by atomic mass is 35.5. The summed E-state index contributed by atoms with van der Waals surface area (Å²) in [6.45, 7) is 0. The second-order valence-corrected chi connectivity index (χ2v) is 5.46. The molecule has 0 radical (unpaired) electrons. The normalized spacial score (nSPS) is 20.5. The van der Waals surface area contributed by atoms with E-state index in [0.717, 1.165) is 6.07 Å². The molecule has 4 amide bonds. The van der Waals surface area contributed by atoms with E-state index in [4.69, 9.17) is 11.6 Å². The van der Waals surface area contributed by atoms with Crippen LogP contribution in [0.5, 0.6) is 0 Å². The summed E-state index contributed by atoms with van der Waals surface area (Å²) in [4.78, 5) is 36.7. The van der Waals surface area contributed by atoms with Gasteiger partial charge in [0.05, 0.1) is 5.02 Å². The number of urea groups is 1. The van der Waals surface area contributed by atoms with Gasteiger partial charge >= 0.3 is 6.03 Å². The standard InChI is InChI=1S/C13H9ClF2N2O3/c14-7-4-6(15)5-8(16)9(7)18-11(20)13(2-1-3-13)10(19)17-12(18)21/h4-5H,1-3H2,(H,17,19,21). The minimum absolute atomic E-state index is 0.280. The highest BCUT2D eigenvalue weighted by molar-refractivity contribution is 6.37. The van der Waals surface area contributed by atoms with Crippen LogP contribution in [0.25, 0.3) is 0 Å². The Balaban J connectivity index is 2.11. The Kier molecular flexibility index (Phi) is 2.98. The number of rotatable bonds is 1. The van der Waals surface area contributed by atoms with Crippen molar-refractivity contribution < 1.29 is 23.2 Å². The van der Waals surface area contributed by atoms with Gasteiger partial charge in [-0.15, -0.1) is 0 Å². The van der Waals surface area contributed by atoms with E-state index in [9.17, 15) is 23.2 Å². The van der Waals surface area contributed by atoms with Gasteiger partial charge in [0.15, 0.2) is 5.82 Å². The number of imide groups is 2. The molecule has 1 aromatic rings. The molecule has 2 fully saturated rings. The van der Waals surface area contributed by atoms with Crippen LogP contribution in [0, 0.1) is 17.0 Å². The predicted octanol–water partition coefficient (Wildman–Crippen LogP) is 2.37. The summed E-state index contributed by atoms with van der Waals surface area (Å²) < 4.78 is 27.0. The van der Waals surface area contributed by atoms with Crippen molar-refractivity contribution in [2.75, 3.05) is 4.90 Å². The molecule has 0 aromatic heterocycles. The maximum atomic E-state index is 13.9. The van der Waals surface area contributed by atoms with Crippen LogP contribution in [0.4, 0.5) is 19.3 Å². The second-order valence-electron chi connectivity index (χ2n) is 5.05. The van der Waals surface area contributed by atoms with Crippen LogP contribution in [-0.2, 0) is 9.59 Å². The number of hydrogen-bond donors (Lipinski definition) is 1. The Labute approximate surface area is 122 Å². The zero-order valence-corrected chi connectivity index (χ0v) is 11.3. The van der Waals surface area contributed by atoms with Crippen molar-refractivity contribution in [3.05, 3.63) is 28.8 Å². The average Bonchev–Trinajstić information content (AvgIpc) is 2.29. The first kappa shape index (κ1) is 13.9. The van der Waals surface area contributed by atoms with Gasteiger partial charge in [-0.2, -0.15) is 0 Å². The van der Waals surface area contributed by atoms with Gasteiger partial charge in [0, 0.05) is 6.07 Å². The molecule has 1 spiro atoms. The van der Waals surface area contributed by atoms with Gasteiger partial charge in [-0.25, -0.2) is 18.5 Å². The summed E-state index contributed by atoms with van der Waals surface area (Å²) >= 11 is 5.75. The van der Waals surface area contributed by atoms with Crippen molar-refractivity contribution >= 4 is 35.1 Å². The number of halogens is 3. The third kappa shape index (κ3) is 1.84. The van der Waals surface area contributed by atoms with Crippen LogP contribution in [0.3, 0.4) is 0 Å². The Morgan fingerprint density at radius 2 is 1.86 bits per heavy atom. The van der Waals surface area contributed by atoms with E-state index in [1.54, 1.807) is 0 Å². The number of anilines is 1. The van der Waals surface area contributed by atoms with Crippen LogP contribution in [-0.4, -0.2) is 17.8 Å². The Bertz CT molecular complexity index is 665. The molecular formula is C13H9ClF2N2O3. The molecule has 1 saturated carbocycles. The zero-order valence-electron chi connectivity index (χ0n) is 10.6. The summed E-state index contributed by atoms with van der Waals surface area (Å²) in [6, 6.07) is 0.228. The van der Waals surface area contributed by atoms with Gasteiger partial charge in [-0.1, -0.05) is 18.0 Å². The van der Waals surface area contributed by atoms with E-state index < -0.39 is 45.6 Å². The monoisotopic (exact) mass is 314 g/mol. The first-order valence-electron chi connectivity index (χ1n) is 6.21. The van der Waals surface area contributed by atoms with E-state index in [-0.39, 0.29) is 12.8 Å². The number of benzene rings is 1. The average molecular weight is 315 g/mol. The first-order valence-corrected chi connectivity index (χ1v) is 6.59. The summed E-state index contributed by atoms with van der Waals surface area (Å²) in [7, 11) is 0. The lowest BCUT2D eigenvalue weighted by Crippen LogP contribution is -2.66. The molecule has 0 unspecified atom stereocenters. The third-order valence-corrected chi connectivity index (χ3v) is 4.17. The molecule has 5 nitrogen and oxygen atoms in total. The topological polar surface area (TPSA) is 66.5 Å². The molecule has 21 heavy (non-hydrogen) atoms. The summed E-state index contributed by atoms with van der Waals surface area (Å²) in [5, 5.41) is 1.61. The van der Waals surface area contributed by atoms with Crippen molar-refractivity contribution in [1.29, 1.82) is 0 Å².